The molecule has 0 radical (unpaired) electrons. The fourth-order valence-electron chi connectivity index (χ4n) is 0.548. The van der Waals surface area contributed by atoms with E-state index in [4.69, 9.17) is 5.41 Å². The lowest BCUT2D eigenvalue weighted by molar-refractivity contribution is -0.318. The fraction of sp³-hybridized carbons (Fsp3) is 0.800. The number of nitrogens with two attached hydrogens (primary N) is 1. The van der Waals surface area contributed by atoms with Crippen molar-refractivity contribution in [2.24, 2.45) is 5.73 Å². The van der Waals surface area contributed by atoms with Gasteiger partial charge in [-0.2, -0.15) is 26.3 Å². The highest BCUT2D eigenvalue weighted by Crippen LogP contribution is 2.35. The van der Waals surface area contributed by atoms with Crippen molar-refractivity contribution in [2.45, 2.75) is 18.5 Å². The van der Waals surface area contributed by atoms with Crippen molar-refractivity contribution in [3.05, 3.63) is 0 Å². The minimum Gasteiger partial charge on any atom is -0.386 e. The van der Waals surface area contributed by atoms with Gasteiger partial charge in [-0.25, -0.2) is 0 Å². The van der Waals surface area contributed by atoms with E-state index in [-0.39, 0.29) is 0 Å². The molecule has 0 aromatic carbocycles. The first-order chi connectivity index (χ1) is 6.05. The molecule has 0 rings (SSSR count). The Labute approximate surface area is 74.3 Å². The van der Waals surface area contributed by atoms with Gasteiger partial charge in [-0.3, -0.25) is 5.41 Å². The number of hydrogen-bond acceptors (Lipinski definition) is 2. The predicted octanol–water partition coefficient (Wildman–Crippen LogP) is 1.43. The molecular weight excluding hydrogens is 218 g/mol. The van der Waals surface area contributed by atoms with Gasteiger partial charge >= 0.3 is 12.4 Å². The lowest BCUT2D eigenvalue weighted by atomic mass is 10.3. The first-order valence-electron chi connectivity index (χ1n) is 3.13. The minimum absolute atomic E-state index is 0.913. The number of rotatable bonds is 3. The highest BCUT2D eigenvalue weighted by atomic mass is 19.4. The molecule has 0 heterocycles. The second kappa shape index (κ2) is 4.03. The number of amidine groups is 1. The lowest BCUT2D eigenvalue weighted by Gasteiger charge is -2.22. The van der Waals surface area contributed by atoms with E-state index in [1.807, 2.05) is 0 Å². The second-order valence-electron chi connectivity index (χ2n) is 2.30. The van der Waals surface area contributed by atoms with Gasteiger partial charge in [-0.15, -0.1) is 0 Å². The van der Waals surface area contributed by atoms with E-state index in [1.54, 1.807) is 0 Å². The summed E-state index contributed by atoms with van der Waals surface area (Å²) in [5.74, 6) is -0.913. The molecule has 0 aromatic heterocycles. The Balaban J connectivity index is 4.51. The van der Waals surface area contributed by atoms with Crippen molar-refractivity contribution in [3.63, 3.8) is 0 Å². The Kier molecular flexibility index (Phi) is 3.74. The molecule has 0 saturated heterocycles. The summed E-state index contributed by atoms with van der Waals surface area (Å²) in [6, 6.07) is 0. The van der Waals surface area contributed by atoms with E-state index in [0.717, 1.165) is 0 Å². The molecule has 0 atom stereocenters. The topological polar surface area (TPSA) is 59.1 Å². The van der Waals surface area contributed by atoms with E-state index >= 15 is 0 Å². The third-order valence-electron chi connectivity index (χ3n) is 1.00. The Bertz CT molecular complexity index is 195. The molecule has 3 N–H and O–H groups in total. The van der Waals surface area contributed by atoms with Crippen molar-refractivity contribution in [1.82, 2.24) is 0 Å². The van der Waals surface area contributed by atoms with Crippen LogP contribution in [-0.2, 0) is 4.74 Å². The van der Waals surface area contributed by atoms with Gasteiger partial charge in [0.1, 0.15) is 12.4 Å². The number of ether oxygens (including phenoxy) is 1. The third-order valence-corrected chi connectivity index (χ3v) is 1.00. The molecule has 14 heavy (non-hydrogen) atoms. The molecule has 0 fully saturated rings. The van der Waals surface area contributed by atoms with E-state index in [1.165, 1.54) is 0 Å². The van der Waals surface area contributed by atoms with E-state index in [9.17, 15) is 26.3 Å². The predicted molar refractivity (Wildman–Crippen MR) is 33.8 cm³/mol. The Morgan fingerprint density at radius 2 is 1.50 bits per heavy atom. The van der Waals surface area contributed by atoms with Crippen LogP contribution in [0.4, 0.5) is 26.3 Å². The van der Waals surface area contributed by atoms with Crippen LogP contribution in [0, 0.1) is 5.41 Å². The molecule has 0 amide bonds. The zero-order valence-electron chi connectivity index (χ0n) is 6.54. The van der Waals surface area contributed by atoms with Crippen LogP contribution in [0.5, 0.6) is 0 Å². The first-order valence-corrected chi connectivity index (χ1v) is 3.13. The molecule has 0 bridgehead atoms. The normalized spacial score (nSPS) is 13.4. The van der Waals surface area contributed by atoms with E-state index in [0.29, 0.717) is 0 Å². The molecule has 0 aliphatic carbocycles. The first kappa shape index (κ1) is 13.0. The highest BCUT2D eigenvalue weighted by molar-refractivity contribution is 5.78. The van der Waals surface area contributed by atoms with Crippen molar-refractivity contribution in [3.8, 4) is 0 Å². The average Bonchev–Trinajstić information content (AvgIpc) is 1.78. The molecule has 0 unspecified atom stereocenters. The molecule has 0 aliphatic heterocycles. The largest absolute Gasteiger partial charge is 0.423 e. The maximum atomic E-state index is 11.7. The quantitative estimate of drug-likeness (QED) is 0.432. The lowest BCUT2D eigenvalue weighted by Crippen LogP contribution is -2.45. The molecule has 0 saturated carbocycles. The van der Waals surface area contributed by atoms with Gasteiger partial charge in [-0.05, 0) is 0 Å². The van der Waals surface area contributed by atoms with Gasteiger partial charge in [0.25, 0.3) is 0 Å². The zero-order chi connectivity index (χ0) is 11.6. The number of nitrogens with one attached hydrogen (secondary N) is 1. The minimum atomic E-state index is -5.56. The monoisotopic (exact) mass is 224 g/mol. The van der Waals surface area contributed by atoms with Crippen LogP contribution in [0.1, 0.15) is 0 Å². The Morgan fingerprint density at radius 1 is 1.14 bits per heavy atom. The maximum Gasteiger partial charge on any atom is 0.423 e. The van der Waals surface area contributed by atoms with Crippen molar-refractivity contribution >= 4 is 5.84 Å². The van der Waals surface area contributed by atoms with Crippen LogP contribution in [0.25, 0.3) is 0 Å². The highest BCUT2D eigenvalue weighted by Gasteiger charge is 2.57. The number of hydrogen-bond donors (Lipinski definition) is 2. The molecule has 9 heteroatoms. The summed E-state index contributed by atoms with van der Waals surface area (Å²) in [5.41, 5.74) is 4.55. The van der Waals surface area contributed by atoms with Gasteiger partial charge in [-0.1, -0.05) is 0 Å². The van der Waals surface area contributed by atoms with Crippen molar-refractivity contribution in [2.75, 3.05) is 6.61 Å². The van der Waals surface area contributed by atoms with E-state index < -0.39 is 30.9 Å². The second-order valence-corrected chi connectivity index (χ2v) is 2.30. The average molecular weight is 224 g/mol. The summed E-state index contributed by atoms with van der Waals surface area (Å²) < 4.78 is 73.7. The third kappa shape index (κ3) is 4.30. The van der Waals surface area contributed by atoms with Gasteiger partial charge < -0.3 is 10.5 Å². The summed E-state index contributed by atoms with van der Waals surface area (Å²) in [6.45, 7) is -1.22. The van der Waals surface area contributed by atoms with E-state index in [2.05, 4.69) is 10.5 Å². The molecular formula is C5H6F6N2O. The maximum absolute atomic E-state index is 11.7. The summed E-state index contributed by atoms with van der Waals surface area (Å²) in [6.07, 6.45) is -15.0. The van der Waals surface area contributed by atoms with Crippen molar-refractivity contribution < 1.29 is 31.1 Å². The molecule has 0 aromatic rings. The fourth-order valence-corrected chi connectivity index (χ4v) is 0.548. The van der Waals surface area contributed by atoms with Gasteiger partial charge in [0.05, 0.1) is 0 Å². The standard InChI is InChI=1S/C5H6F6N2O/c6-4(7,8)3(5(9,10)11)14-1-2(12)13/h3H,1H2,(H3,12,13). The molecule has 84 valence electrons. The SMILES string of the molecule is N=C(N)COC(C(F)(F)F)C(F)(F)F. The smallest absolute Gasteiger partial charge is 0.386 e. The van der Waals surface area contributed by atoms with Crippen molar-refractivity contribution in [1.29, 1.82) is 5.41 Å². The summed E-state index contributed by atoms with van der Waals surface area (Å²) in [4.78, 5) is 0. The summed E-state index contributed by atoms with van der Waals surface area (Å²) >= 11 is 0. The zero-order valence-corrected chi connectivity index (χ0v) is 6.54. The summed E-state index contributed by atoms with van der Waals surface area (Å²) in [5, 5.41) is 6.41. The van der Waals surface area contributed by atoms with Crippen LogP contribution in [-0.4, -0.2) is 30.9 Å². The molecule has 0 spiro atoms. The Morgan fingerprint density at radius 3 is 1.71 bits per heavy atom. The molecule has 0 aliphatic rings. The molecule has 3 nitrogen and oxygen atoms in total. The number of alkyl halides is 6. The summed E-state index contributed by atoms with van der Waals surface area (Å²) in [7, 11) is 0. The van der Waals surface area contributed by atoms with Crippen LogP contribution in [0.3, 0.4) is 0 Å². The van der Waals surface area contributed by atoms with Crippen LogP contribution >= 0.6 is 0 Å². The van der Waals surface area contributed by atoms with Gasteiger partial charge in [0, 0.05) is 0 Å². The van der Waals surface area contributed by atoms with Gasteiger partial charge in [0.2, 0.25) is 6.10 Å². The van der Waals surface area contributed by atoms with Crippen LogP contribution in [0.15, 0.2) is 0 Å². The Hall–Kier alpha value is -0.990. The number of halogens is 6. The van der Waals surface area contributed by atoms with Crippen LogP contribution < -0.4 is 5.73 Å². The van der Waals surface area contributed by atoms with Crippen LogP contribution in [0.2, 0.25) is 0 Å². The van der Waals surface area contributed by atoms with Gasteiger partial charge in [0.15, 0.2) is 0 Å².